The molecule has 0 spiro atoms. The summed E-state index contributed by atoms with van der Waals surface area (Å²) < 4.78 is 10.3. The number of amides is 1. The number of aryl methyl sites for hydroxylation is 2. The van der Waals surface area contributed by atoms with Crippen LogP contribution in [0.25, 0.3) is 11.6 Å². The molecule has 3 aromatic heterocycles. The first-order valence-corrected chi connectivity index (χ1v) is 8.62. The van der Waals surface area contributed by atoms with Gasteiger partial charge >= 0.3 is 5.97 Å². The van der Waals surface area contributed by atoms with Crippen molar-refractivity contribution in [3.63, 3.8) is 0 Å². The van der Waals surface area contributed by atoms with Gasteiger partial charge in [0.1, 0.15) is 9.88 Å². The third-order valence-electron chi connectivity index (χ3n) is 3.53. The molecule has 0 saturated carbocycles. The van der Waals surface area contributed by atoms with Crippen LogP contribution >= 0.6 is 11.3 Å². The van der Waals surface area contributed by atoms with Crippen LogP contribution in [-0.2, 0) is 11.2 Å². The van der Waals surface area contributed by atoms with Gasteiger partial charge in [0.2, 0.25) is 17.6 Å². The number of carbonyl (C=O) groups is 2. The van der Waals surface area contributed by atoms with Crippen LogP contribution in [0.4, 0.5) is 0 Å². The molecule has 0 aliphatic heterocycles. The van der Waals surface area contributed by atoms with Crippen molar-refractivity contribution in [2.45, 2.75) is 32.7 Å². The summed E-state index contributed by atoms with van der Waals surface area (Å²) in [4.78, 5) is 31.7. The molecule has 9 nitrogen and oxygen atoms in total. The second-order valence-electron chi connectivity index (χ2n) is 5.55. The zero-order chi connectivity index (χ0) is 18.7. The topological polar surface area (TPSA) is 131 Å². The molecule has 1 atom stereocenters. The van der Waals surface area contributed by atoms with Crippen LogP contribution < -0.4 is 5.32 Å². The van der Waals surface area contributed by atoms with Crippen molar-refractivity contribution < 1.29 is 23.6 Å². The summed E-state index contributed by atoms with van der Waals surface area (Å²) in [5.74, 6) is -0.0874. The minimum absolute atomic E-state index is 0.153. The third kappa shape index (κ3) is 3.97. The minimum Gasteiger partial charge on any atom is -0.477 e. The summed E-state index contributed by atoms with van der Waals surface area (Å²) in [5, 5.41) is 16.2. The molecule has 0 aromatic carbocycles. The fraction of sp³-hybridized carbons (Fsp3) is 0.312. The molecule has 0 radical (unpaired) electrons. The Morgan fingerprint density at radius 1 is 1.38 bits per heavy atom. The molecule has 0 aliphatic carbocycles. The molecule has 3 rings (SSSR count). The summed E-state index contributed by atoms with van der Waals surface area (Å²) in [7, 11) is 0. The lowest BCUT2D eigenvalue weighted by molar-refractivity contribution is -0.121. The van der Waals surface area contributed by atoms with E-state index < -0.39 is 5.97 Å². The molecular weight excluding hydrogens is 360 g/mol. The van der Waals surface area contributed by atoms with Gasteiger partial charge in [-0.25, -0.2) is 9.78 Å². The number of thiazole rings is 1. The summed E-state index contributed by atoms with van der Waals surface area (Å²) in [5.41, 5.74) is 0.440. The number of nitrogens with zero attached hydrogens (tertiary/aromatic N) is 3. The van der Waals surface area contributed by atoms with E-state index in [1.807, 2.05) is 0 Å². The largest absolute Gasteiger partial charge is 0.477 e. The molecule has 10 heteroatoms. The van der Waals surface area contributed by atoms with Crippen molar-refractivity contribution >= 4 is 23.2 Å². The Bertz CT molecular complexity index is 915. The van der Waals surface area contributed by atoms with Crippen LogP contribution in [0.1, 0.15) is 45.7 Å². The first-order valence-electron chi connectivity index (χ1n) is 7.80. The Balaban J connectivity index is 1.54. The van der Waals surface area contributed by atoms with E-state index in [2.05, 4.69) is 20.4 Å². The van der Waals surface area contributed by atoms with Crippen LogP contribution in [0.15, 0.2) is 27.3 Å². The van der Waals surface area contributed by atoms with Crippen LogP contribution in [-0.4, -0.2) is 32.1 Å². The van der Waals surface area contributed by atoms with E-state index in [1.165, 1.54) is 6.26 Å². The number of aromatic nitrogens is 3. The van der Waals surface area contributed by atoms with Gasteiger partial charge in [0.25, 0.3) is 0 Å². The van der Waals surface area contributed by atoms with Gasteiger partial charge in [-0.2, -0.15) is 4.98 Å². The highest BCUT2D eigenvalue weighted by Crippen LogP contribution is 2.23. The average Bonchev–Trinajstić information content (AvgIpc) is 3.32. The maximum atomic E-state index is 12.1. The number of hydrogen-bond donors (Lipinski definition) is 2. The zero-order valence-corrected chi connectivity index (χ0v) is 14.9. The van der Waals surface area contributed by atoms with Gasteiger partial charge in [-0.05, 0) is 26.0 Å². The van der Waals surface area contributed by atoms with Crippen molar-refractivity contribution in [1.82, 2.24) is 20.4 Å². The average molecular weight is 376 g/mol. The predicted octanol–water partition coefficient (Wildman–Crippen LogP) is 2.60. The Kier molecular flexibility index (Phi) is 5.12. The van der Waals surface area contributed by atoms with E-state index in [0.29, 0.717) is 28.2 Å². The zero-order valence-electron chi connectivity index (χ0n) is 14.1. The number of furan rings is 1. The molecule has 26 heavy (non-hydrogen) atoms. The summed E-state index contributed by atoms with van der Waals surface area (Å²) in [6.07, 6.45) is 1.94. The number of carbonyl (C=O) groups excluding carboxylic acids is 1. The highest BCUT2D eigenvalue weighted by atomic mass is 32.1. The molecule has 0 aliphatic rings. The molecule has 3 aromatic rings. The fourth-order valence-corrected chi connectivity index (χ4v) is 3.17. The highest BCUT2D eigenvalue weighted by Gasteiger charge is 2.19. The van der Waals surface area contributed by atoms with Crippen LogP contribution in [0.2, 0.25) is 0 Å². The number of hydrogen-bond acceptors (Lipinski definition) is 8. The maximum Gasteiger partial charge on any atom is 0.347 e. The number of nitrogens with one attached hydrogen (secondary N) is 1. The second-order valence-corrected chi connectivity index (χ2v) is 6.58. The summed E-state index contributed by atoms with van der Waals surface area (Å²) in [6, 6.07) is 3.04. The first-order chi connectivity index (χ1) is 12.4. The van der Waals surface area contributed by atoms with E-state index in [0.717, 1.165) is 11.3 Å². The predicted molar refractivity (Wildman–Crippen MR) is 90.7 cm³/mol. The minimum atomic E-state index is -1.02. The smallest absolute Gasteiger partial charge is 0.347 e. The Hall–Kier alpha value is -3.01. The first kappa shape index (κ1) is 17.8. The third-order valence-corrected chi connectivity index (χ3v) is 4.86. The van der Waals surface area contributed by atoms with Crippen molar-refractivity contribution in [1.29, 1.82) is 0 Å². The second kappa shape index (κ2) is 7.48. The summed E-state index contributed by atoms with van der Waals surface area (Å²) >= 11 is 1.06. The van der Waals surface area contributed by atoms with E-state index in [4.69, 9.17) is 14.0 Å². The molecule has 2 N–H and O–H groups in total. The number of rotatable bonds is 7. The summed E-state index contributed by atoms with van der Waals surface area (Å²) in [6.45, 7) is 3.38. The number of aromatic carboxylic acids is 1. The van der Waals surface area contributed by atoms with Gasteiger partial charge in [-0.1, -0.05) is 5.16 Å². The molecule has 1 amide bonds. The van der Waals surface area contributed by atoms with Gasteiger partial charge in [-0.15, -0.1) is 11.3 Å². The standard InChI is InChI=1S/C16H16N4O5S/c1-8-13(16(22)23)26-15(18-8)9(2)17-11(21)5-6-12-19-14(20-25-12)10-4-3-7-24-10/h3-4,7,9H,5-6H2,1-2H3,(H,17,21)(H,22,23). The number of carboxylic acid groups (broad SMARTS) is 1. The Morgan fingerprint density at radius 2 is 2.19 bits per heavy atom. The van der Waals surface area contributed by atoms with Crippen molar-refractivity contribution in [2.75, 3.05) is 0 Å². The quantitative estimate of drug-likeness (QED) is 0.643. The highest BCUT2D eigenvalue weighted by molar-refractivity contribution is 7.13. The molecular formula is C16H16N4O5S. The van der Waals surface area contributed by atoms with E-state index in [-0.39, 0.29) is 29.7 Å². The van der Waals surface area contributed by atoms with E-state index >= 15 is 0 Å². The van der Waals surface area contributed by atoms with Gasteiger partial charge in [0.15, 0.2) is 5.76 Å². The molecule has 0 fully saturated rings. The van der Waals surface area contributed by atoms with Crippen LogP contribution in [0.3, 0.4) is 0 Å². The van der Waals surface area contributed by atoms with Gasteiger partial charge in [0, 0.05) is 12.8 Å². The lowest BCUT2D eigenvalue weighted by Crippen LogP contribution is -2.26. The normalized spacial score (nSPS) is 12.1. The lowest BCUT2D eigenvalue weighted by Gasteiger charge is -2.10. The SMILES string of the molecule is Cc1nc(C(C)NC(=O)CCc2nc(-c3ccco3)no2)sc1C(=O)O. The van der Waals surface area contributed by atoms with Gasteiger partial charge in [-0.3, -0.25) is 4.79 Å². The molecule has 136 valence electrons. The van der Waals surface area contributed by atoms with E-state index in [9.17, 15) is 9.59 Å². The van der Waals surface area contributed by atoms with Gasteiger partial charge < -0.3 is 19.4 Å². The Labute approximate surface area is 152 Å². The molecule has 0 saturated heterocycles. The molecule has 3 heterocycles. The van der Waals surface area contributed by atoms with Gasteiger partial charge in [0.05, 0.1) is 18.0 Å². The van der Waals surface area contributed by atoms with Crippen LogP contribution in [0, 0.1) is 6.92 Å². The van der Waals surface area contributed by atoms with Crippen molar-refractivity contribution in [3.8, 4) is 11.6 Å². The number of carboxylic acids is 1. The maximum absolute atomic E-state index is 12.1. The van der Waals surface area contributed by atoms with E-state index in [1.54, 1.807) is 26.0 Å². The van der Waals surface area contributed by atoms with Crippen LogP contribution in [0.5, 0.6) is 0 Å². The Morgan fingerprint density at radius 3 is 2.85 bits per heavy atom. The lowest BCUT2D eigenvalue weighted by atomic mass is 10.2. The van der Waals surface area contributed by atoms with Crippen molar-refractivity contribution in [2.24, 2.45) is 0 Å². The fourth-order valence-electron chi connectivity index (χ4n) is 2.26. The molecule has 1 unspecified atom stereocenters. The monoisotopic (exact) mass is 376 g/mol. The molecule has 0 bridgehead atoms. The van der Waals surface area contributed by atoms with Crippen molar-refractivity contribution in [3.05, 3.63) is 39.9 Å².